The molecular formula is C34H36N4O5S. The van der Waals surface area contributed by atoms with E-state index in [2.05, 4.69) is 23.6 Å². The molecule has 0 bridgehead atoms. The third kappa shape index (κ3) is 5.91. The summed E-state index contributed by atoms with van der Waals surface area (Å²) in [6.45, 7) is 8.12. The van der Waals surface area contributed by atoms with E-state index in [0.29, 0.717) is 29.6 Å². The molecule has 2 aliphatic heterocycles. The number of unbranched alkanes of at least 4 members (excludes halogenated alkanes) is 1. The maximum atomic E-state index is 13.1. The Balaban J connectivity index is 1.29. The summed E-state index contributed by atoms with van der Waals surface area (Å²) in [6.07, 6.45) is 2.12. The molecule has 0 saturated carbocycles. The van der Waals surface area contributed by atoms with Crippen molar-refractivity contribution in [3.8, 4) is 16.9 Å². The van der Waals surface area contributed by atoms with E-state index >= 15 is 0 Å². The molecule has 2 fully saturated rings. The van der Waals surface area contributed by atoms with Crippen molar-refractivity contribution in [2.24, 2.45) is 0 Å². The zero-order valence-electron chi connectivity index (χ0n) is 25.4. The lowest BCUT2D eigenvalue weighted by Crippen LogP contribution is -2.32. The van der Waals surface area contributed by atoms with Gasteiger partial charge in [0.2, 0.25) is 0 Å². The van der Waals surface area contributed by atoms with Gasteiger partial charge in [-0.25, -0.2) is 19.5 Å². The molecule has 1 unspecified atom stereocenters. The third-order valence-electron chi connectivity index (χ3n) is 7.72. The Morgan fingerprint density at radius 3 is 2.55 bits per heavy atom. The molecule has 2 saturated heterocycles. The van der Waals surface area contributed by atoms with Crippen LogP contribution < -0.4 is 9.64 Å². The third-order valence-corrected chi connectivity index (χ3v) is 8.74. The summed E-state index contributed by atoms with van der Waals surface area (Å²) in [4.78, 5) is 46.5. The number of imide groups is 1. The summed E-state index contributed by atoms with van der Waals surface area (Å²) in [6, 6.07) is 20.5. The van der Waals surface area contributed by atoms with Crippen LogP contribution in [0.15, 0.2) is 66.7 Å². The van der Waals surface area contributed by atoms with Gasteiger partial charge in [-0.05, 0) is 62.6 Å². The number of carbonyl (C=O) groups excluding carboxylic acids is 3. The number of hydrogen-bond acceptors (Lipinski definition) is 7. The molecule has 10 heteroatoms. The van der Waals surface area contributed by atoms with Gasteiger partial charge in [0, 0.05) is 24.3 Å². The van der Waals surface area contributed by atoms with Crippen LogP contribution in [-0.4, -0.2) is 55.8 Å². The lowest BCUT2D eigenvalue weighted by molar-refractivity contribution is -0.118. The Hall–Kier alpha value is -4.31. The number of thioether (sulfide) groups is 1. The normalized spacial score (nSPS) is 16.6. The molecule has 0 N–H and O–H groups in total. The molecule has 228 valence electrons. The summed E-state index contributed by atoms with van der Waals surface area (Å²) in [7, 11) is 0. The van der Waals surface area contributed by atoms with Gasteiger partial charge in [0.05, 0.1) is 22.6 Å². The second-order valence-electron chi connectivity index (χ2n) is 12.1. The second kappa shape index (κ2) is 12.0. The number of carbonyl (C=O) groups is 3. The summed E-state index contributed by atoms with van der Waals surface area (Å²) >= 11 is 1.61. The van der Waals surface area contributed by atoms with Crippen LogP contribution in [0.5, 0.6) is 5.75 Å². The van der Waals surface area contributed by atoms with E-state index in [-0.39, 0.29) is 18.0 Å². The topological polar surface area (TPSA) is 94.0 Å². The van der Waals surface area contributed by atoms with E-state index in [1.807, 2.05) is 48.5 Å². The molecule has 6 rings (SSSR count). The van der Waals surface area contributed by atoms with Crippen LogP contribution in [0.2, 0.25) is 0 Å². The number of imidazole rings is 1. The van der Waals surface area contributed by atoms with Gasteiger partial charge in [-0.3, -0.25) is 4.79 Å². The summed E-state index contributed by atoms with van der Waals surface area (Å²) in [5, 5.41) is 0. The van der Waals surface area contributed by atoms with Crippen LogP contribution in [0.4, 0.5) is 15.3 Å². The van der Waals surface area contributed by atoms with Crippen molar-refractivity contribution in [3.05, 3.63) is 78.1 Å². The van der Waals surface area contributed by atoms with Crippen molar-refractivity contribution in [2.45, 2.75) is 65.1 Å². The first kappa shape index (κ1) is 29.7. The first-order valence-corrected chi connectivity index (χ1v) is 16.1. The fourth-order valence-electron chi connectivity index (χ4n) is 5.57. The number of ether oxygens (including phenoxy) is 2. The molecule has 3 heterocycles. The molecule has 3 amide bonds. The molecule has 2 aliphatic rings. The lowest BCUT2D eigenvalue weighted by Gasteiger charge is -2.19. The summed E-state index contributed by atoms with van der Waals surface area (Å²) in [5.41, 5.74) is 4.39. The van der Waals surface area contributed by atoms with E-state index in [9.17, 15) is 14.4 Å². The highest BCUT2D eigenvalue weighted by Gasteiger charge is 2.48. The Bertz CT molecular complexity index is 1700. The van der Waals surface area contributed by atoms with E-state index in [1.54, 1.807) is 43.5 Å². The van der Waals surface area contributed by atoms with Crippen molar-refractivity contribution in [1.29, 1.82) is 0 Å². The van der Waals surface area contributed by atoms with Crippen molar-refractivity contribution in [2.75, 3.05) is 16.5 Å². The Morgan fingerprint density at radius 1 is 1.05 bits per heavy atom. The van der Waals surface area contributed by atoms with E-state index < -0.39 is 11.8 Å². The number of aryl methyl sites for hydroxylation is 1. The van der Waals surface area contributed by atoms with E-state index in [1.165, 1.54) is 4.90 Å². The standard InChI is InChI=1S/C34H36N4O5S/c1-5-6-11-30-35-26-17-16-24(38-31(39)28-20-44-21-37(28)32(38)40)18-27(26)36(30)19-22-12-14-23(15-13-22)25-9-7-8-10-29(25)42-33(41)43-34(2,3)4/h7-10,12-18,28H,5-6,11,19-21H2,1-4H3. The van der Waals surface area contributed by atoms with E-state index in [4.69, 9.17) is 14.5 Å². The first-order chi connectivity index (χ1) is 21.1. The molecule has 1 atom stereocenters. The van der Waals surface area contributed by atoms with Crippen molar-refractivity contribution < 1.29 is 23.9 Å². The van der Waals surface area contributed by atoms with Crippen LogP contribution >= 0.6 is 11.8 Å². The lowest BCUT2D eigenvalue weighted by atomic mass is 10.0. The number of anilines is 1. The number of para-hydroxylation sites is 1. The number of hydrogen-bond donors (Lipinski definition) is 0. The Morgan fingerprint density at radius 2 is 1.82 bits per heavy atom. The number of urea groups is 1. The molecule has 4 aromatic rings. The highest BCUT2D eigenvalue weighted by molar-refractivity contribution is 7.99. The van der Waals surface area contributed by atoms with Crippen LogP contribution in [-0.2, 0) is 22.5 Å². The highest BCUT2D eigenvalue weighted by Crippen LogP contribution is 2.35. The number of nitrogens with zero attached hydrogens (tertiary/aromatic N) is 4. The first-order valence-electron chi connectivity index (χ1n) is 14.9. The largest absolute Gasteiger partial charge is 0.514 e. The quantitative estimate of drug-likeness (QED) is 0.118. The molecular weight excluding hydrogens is 576 g/mol. The fourth-order valence-corrected chi connectivity index (χ4v) is 6.71. The van der Waals surface area contributed by atoms with Gasteiger partial charge in [0.25, 0.3) is 5.91 Å². The maximum Gasteiger partial charge on any atom is 0.514 e. The predicted molar refractivity (Wildman–Crippen MR) is 172 cm³/mol. The van der Waals surface area contributed by atoms with Crippen LogP contribution in [0.3, 0.4) is 0 Å². The van der Waals surface area contributed by atoms with Gasteiger partial charge >= 0.3 is 12.2 Å². The minimum atomic E-state index is -0.746. The van der Waals surface area contributed by atoms with Crippen molar-refractivity contribution >= 4 is 46.6 Å². The maximum absolute atomic E-state index is 13.1. The van der Waals surface area contributed by atoms with Gasteiger partial charge in [0.1, 0.15) is 23.2 Å². The Kier molecular flexibility index (Phi) is 8.11. The molecule has 0 radical (unpaired) electrons. The van der Waals surface area contributed by atoms with Crippen molar-refractivity contribution in [1.82, 2.24) is 14.5 Å². The minimum Gasteiger partial charge on any atom is -0.428 e. The monoisotopic (exact) mass is 612 g/mol. The van der Waals surface area contributed by atoms with Gasteiger partial charge in [-0.15, -0.1) is 11.8 Å². The average molecular weight is 613 g/mol. The summed E-state index contributed by atoms with van der Waals surface area (Å²) < 4.78 is 13.1. The summed E-state index contributed by atoms with van der Waals surface area (Å²) in [5.74, 6) is 2.41. The smallest absolute Gasteiger partial charge is 0.428 e. The van der Waals surface area contributed by atoms with Crippen LogP contribution in [0, 0.1) is 0 Å². The molecule has 44 heavy (non-hydrogen) atoms. The number of fused-ring (bicyclic) bond motifs is 2. The predicted octanol–water partition coefficient (Wildman–Crippen LogP) is 7.25. The molecule has 3 aromatic carbocycles. The molecule has 9 nitrogen and oxygen atoms in total. The van der Waals surface area contributed by atoms with Gasteiger partial charge in [-0.2, -0.15) is 0 Å². The fraction of sp³-hybridized carbons (Fsp3) is 0.353. The van der Waals surface area contributed by atoms with Crippen molar-refractivity contribution in [3.63, 3.8) is 0 Å². The van der Waals surface area contributed by atoms with E-state index in [0.717, 1.165) is 52.8 Å². The molecule has 1 aromatic heterocycles. The number of aromatic nitrogens is 2. The zero-order chi connectivity index (χ0) is 31.0. The SMILES string of the molecule is CCCCc1nc2ccc(N3C(=O)C4CSCN4C3=O)cc2n1Cc1ccc(-c2ccccc2OC(=O)OC(C)(C)C)cc1. The van der Waals surface area contributed by atoms with Gasteiger partial charge < -0.3 is 18.9 Å². The minimum absolute atomic E-state index is 0.164. The van der Waals surface area contributed by atoms with Gasteiger partial charge in [0.15, 0.2) is 0 Å². The number of amides is 3. The zero-order valence-corrected chi connectivity index (χ0v) is 26.2. The number of benzene rings is 3. The van der Waals surface area contributed by atoms with Crippen LogP contribution in [0.1, 0.15) is 51.9 Å². The molecule has 0 spiro atoms. The highest BCUT2D eigenvalue weighted by atomic mass is 32.2. The van der Waals surface area contributed by atoms with Gasteiger partial charge in [-0.1, -0.05) is 55.8 Å². The average Bonchev–Trinajstić information content (AvgIpc) is 3.67. The number of rotatable bonds is 8. The second-order valence-corrected chi connectivity index (χ2v) is 13.1. The van der Waals surface area contributed by atoms with Crippen LogP contribution in [0.25, 0.3) is 22.2 Å². The Labute approximate surface area is 261 Å². The molecule has 0 aliphatic carbocycles.